The molecular weight excluding hydrogens is 608 g/mol. The Hall–Kier alpha value is -2.08. The van der Waals surface area contributed by atoms with E-state index < -0.39 is 0 Å². The summed E-state index contributed by atoms with van der Waals surface area (Å²) in [5.74, 6) is 0.197. The number of nitrogens with zero attached hydrogens (tertiary/aromatic N) is 3. The van der Waals surface area contributed by atoms with Crippen molar-refractivity contribution >= 4 is 75.1 Å². The van der Waals surface area contributed by atoms with Gasteiger partial charge < -0.3 is 15.2 Å². The Morgan fingerprint density at radius 2 is 1.88 bits per heavy atom. The van der Waals surface area contributed by atoms with Gasteiger partial charge in [0.2, 0.25) is 5.91 Å². The molecule has 3 aromatic rings. The standard InChI is InChI=1S/C23H22Cl2IN5O2S/c1-4-7-31-19(11-27-22(33)17-6-5-15(24)10-18(17)25)29-30-23(31)34-12-20(32)28-21-13(2)8-16(26)9-14(21)3/h4-6,8-10H,1,7,11-12H2,2-3H3,(H,27,33)(H,28,32). The minimum absolute atomic E-state index is 0.131. The zero-order chi connectivity index (χ0) is 24.8. The van der Waals surface area contributed by atoms with Crippen LogP contribution in [0.3, 0.4) is 0 Å². The third kappa shape index (κ3) is 6.74. The maximum atomic E-state index is 12.6. The maximum absolute atomic E-state index is 12.6. The highest BCUT2D eigenvalue weighted by atomic mass is 127. The van der Waals surface area contributed by atoms with E-state index in [0.29, 0.717) is 28.1 Å². The number of thioether (sulfide) groups is 1. The number of aryl methyl sites for hydroxylation is 2. The fourth-order valence-corrected chi connectivity index (χ4v) is 5.41. The minimum atomic E-state index is -0.355. The van der Waals surface area contributed by atoms with Crippen LogP contribution < -0.4 is 10.6 Å². The highest BCUT2D eigenvalue weighted by Crippen LogP contribution is 2.25. The lowest BCUT2D eigenvalue weighted by atomic mass is 10.1. The van der Waals surface area contributed by atoms with Crippen molar-refractivity contribution in [3.8, 4) is 0 Å². The van der Waals surface area contributed by atoms with E-state index in [2.05, 4.69) is 50.0 Å². The molecule has 1 heterocycles. The van der Waals surface area contributed by atoms with Crippen molar-refractivity contribution in [2.24, 2.45) is 0 Å². The molecule has 0 aliphatic carbocycles. The molecule has 0 aliphatic rings. The second kappa shape index (κ2) is 12.1. The second-order valence-corrected chi connectivity index (χ2v) is 10.4. The van der Waals surface area contributed by atoms with Crippen LogP contribution in [0.15, 0.2) is 48.1 Å². The Morgan fingerprint density at radius 1 is 1.18 bits per heavy atom. The molecule has 0 fully saturated rings. The molecule has 178 valence electrons. The van der Waals surface area contributed by atoms with Gasteiger partial charge in [-0.3, -0.25) is 9.59 Å². The van der Waals surface area contributed by atoms with Crippen molar-refractivity contribution in [2.75, 3.05) is 11.1 Å². The van der Waals surface area contributed by atoms with Gasteiger partial charge in [-0.05, 0) is 77.9 Å². The number of amides is 2. The number of carbonyl (C=O) groups is 2. The molecule has 0 bridgehead atoms. The van der Waals surface area contributed by atoms with Crippen LogP contribution in [0.5, 0.6) is 0 Å². The highest BCUT2D eigenvalue weighted by molar-refractivity contribution is 14.1. The summed E-state index contributed by atoms with van der Waals surface area (Å²) in [5.41, 5.74) is 3.16. The van der Waals surface area contributed by atoms with Gasteiger partial charge in [0.25, 0.3) is 5.91 Å². The first-order chi connectivity index (χ1) is 16.2. The van der Waals surface area contributed by atoms with E-state index in [4.69, 9.17) is 23.2 Å². The van der Waals surface area contributed by atoms with E-state index in [1.807, 2.05) is 26.0 Å². The quantitative estimate of drug-likeness (QED) is 0.181. The molecule has 2 amide bonds. The third-order valence-corrected chi connectivity index (χ3v) is 6.92. The largest absolute Gasteiger partial charge is 0.345 e. The monoisotopic (exact) mass is 629 g/mol. The molecule has 11 heteroatoms. The van der Waals surface area contributed by atoms with Gasteiger partial charge in [0.1, 0.15) is 0 Å². The van der Waals surface area contributed by atoms with E-state index in [0.717, 1.165) is 20.4 Å². The van der Waals surface area contributed by atoms with Crippen molar-refractivity contribution in [1.82, 2.24) is 20.1 Å². The van der Waals surface area contributed by atoms with Crippen LogP contribution in [0.1, 0.15) is 27.3 Å². The van der Waals surface area contributed by atoms with Crippen molar-refractivity contribution in [2.45, 2.75) is 32.1 Å². The normalized spacial score (nSPS) is 10.7. The average Bonchev–Trinajstić information content (AvgIpc) is 3.15. The summed E-state index contributed by atoms with van der Waals surface area (Å²) in [6, 6.07) is 8.72. The van der Waals surface area contributed by atoms with Crippen LogP contribution in [-0.2, 0) is 17.9 Å². The number of carbonyl (C=O) groups excluding carboxylic acids is 2. The number of hydrogen-bond acceptors (Lipinski definition) is 5. The van der Waals surface area contributed by atoms with Gasteiger partial charge in [0.15, 0.2) is 11.0 Å². The van der Waals surface area contributed by atoms with E-state index in [-0.39, 0.29) is 29.1 Å². The Balaban J connectivity index is 1.65. The molecule has 0 unspecified atom stereocenters. The lowest BCUT2D eigenvalue weighted by Gasteiger charge is -2.12. The summed E-state index contributed by atoms with van der Waals surface area (Å²) in [4.78, 5) is 25.1. The van der Waals surface area contributed by atoms with Crippen molar-refractivity contribution in [1.29, 1.82) is 0 Å². The fraction of sp³-hybridized carbons (Fsp3) is 0.217. The van der Waals surface area contributed by atoms with Crippen LogP contribution in [-0.4, -0.2) is 32.3 Å². The maximum Gasteiger partial charge on any atom is 0.253 e. The highest BCUT2D eigenvalue weighted by Gasteiger charge is 2.17. The Morgan fingerprint density at radius 3 is 2.53 bits per heavy atom. The molecule has 0 aliphatic heterocycles. The van der Waals surface area contributed by atoms with Crippen molar-refractivity contribution in [3.63, 3.8) is 0 Å². The molecule has 3 rings (SSSR count). The van der Waals surface area contributed by atoms with Gasteiger partial charge in [-0.1, -0.05) is 41.0 Å². The lowest BCUT2D eigenvalue weighted by Crippen LogP contribution is -2.25. The van der Waals surface area contributed by atoms with Crippen LogP contribution in [0.25, 0.3) is 0 Å². The number of halogens is 3. The van der Waals surface area contributed by atoms with Gasteiger partial charge >= 0.3 is 0 Å². The van der Waals surface area contributed by atoms with E-state index in [9.17, 15) is 9.59 Å². The Bertz CT molecular complexity index is 1230. The number of hydrogen-bond donors (Lipinski definition) is 2. The molecule has 0 atom stereocenters. The average molecular weight is 630 g/mol. The number of benzene rings is 2. The van der Waals surface area contributed by atoms with Crippen LogP contribution in [0.4, 0.5) is 5.69 Å². The number of allylic oxidation sites excluding steroid dienone is 1. The summed E-state index contributed by atoms with van der Waals surface area (Å²) < 4.78 is 2.92. The SMILES string of the molecule is C=CCn1c(CNC(=O)c2ccc(Cl)cc2Cl)nnc1SCC(=O)Nc1c(C)cc(I)cc1C. The zero-order valence-electron chi connectivity index (χ0n) is 18.5. The first kappa shape index (κ1) is 26.5. The first-order valence-corrected chi connectivity index (χ1v) is 13.0. The molecule has 1 aromatic heterocycles. The summed E-state index contributed by atoms with van der Waals surface area (Å²) >= 11 is 15.5. The molecule has 0 spiro atoms. The topological polar surface area (TPSA) is 88.9 Å². The molecule has 0 saturated carbocycles. The minimum Gasteiger partial charge on any atom is -0.345 e. The summed E-state index contributed by atoms with van der Waals surface area (Å²) in [6.07, 6.45) is 1.70. The third-order valence-electron chi connectivity index (χ3n) is 4.78. The summed E-state index contributed by atoms with van der Waals surface area (Å²) in [5, 5.41) is 15.4. The smallest absolute Gasteiger partial charge is 0.253 e. The molecule has 34 heavy (non-hydrogen) atoms. The number of rotatable bonds is 9. The summed E-state index contributed by atoms with van der Waals surface area (Å²) in [7, 11) is 0. The second-order valence-electron chi connectivity index (χ2n) is 7.36. The Labute approximate surface area is 225 Å². The molecule has 2 N–H and O–H groups in total. The molecule has 7 nitrogen and oxygen atoms in total. The number of aromatic nitrogens is 3. The first-order valence-electron chi connectivity index (χ1n) is 10.1. The van der Waals surface area contributed by atoms with Gasteiger partial charge in [0.05, 0.1) is 22.9 Å². The predicted molar refractivity (Wildman–Crippen MR) is 146 cm³/mol. The van der Waals surface area contributed by atoms with Crippen LogP contribution >= 0.6 is 57.6 Å². The van der Waals surface area contributed by atoms with E-state index in [1.165, 1.54) is 17.8 Å². The molecule has 0 saturated heterocycles. The molecular formula is C23H22Cl2IN5O2S. The predicted octanol–water partition coefficient (Wildman–Crippen LogP) is 5.65. The van der Waals surface area contributed by atoms with Crippen molar-refractivity contribution < 1.29 is 9.59 Å². The molecule has 2 aromatic carbocycles. The van der Waals surface area contributed by atoms with Gasteiger partial charge in [-0.15, -0.1) is 16.8 Å². The van der Waals surface area contributed by atoms with E-state index in [1.54, 1.807) is 22.8 Å². The van der Waals surface area contributed by atoms with Gasteiger partial charge in [0, 0.05) is 20.8 Å². The summed E-state index contributed by atoms with van der Waals surface area (Å²) in [6.45, 7) is 8.27. The Kier molecular flexibility index (Phi) is 9.40. The van der Waals surface area contributed by atoms with Crippen LogP contribution in [0.2, 0.25) is 10.0 Å². The number of anilines is 1. The van der Waals surface area contributed by atoms with Crippen LogP contribution in [0, 0.1) is 17.4 Å². The number of nitrogens with one attached hydrogen (secondary N) is 2. The van der Waals surface area contributed by atoms with Gasteiger partial charge in [-0.25, -0.2) is 0 Å². The van der Waals surface area contributed by atoms with Crippen molar-refractivity contribution in [3.05, 3.63) is 79.1 Å². The molecule has 0 radical (unpaired) electrons. The van der Waals surface area contributed by atoms with E-state index >= 15 is 0 Å². The fourth-order valence-electron chi connectivity index (χ4n) is 3.21. The van der Waals surface area contributed by atoms with Gasteiger partial charge in [-0.2, -0.15) is 0 Å². The zero-order valence-corrected chi connectivity index (χ0v) is 23.0. The lowest BCUT2D eigenvalue weighted by molar-refractivity contribution is -0.113.